The van der Waals surface area contributed by atoms with Crippen molar-refractivity contribution in [1.82, 2.24) is 5.43 Å². The second-order valence-corrected chi connectivity index (χ2v) is 9.94. The second-order valence-electron chi connectivity index (χ2n) is 8.34. The largest absolute Gasteiger partial charge is 0.490 e. The molecule has 10 nitrogen and oxygen atoms in total. The van der Waals surface area contributed by atoms with Crippen LogP contribution in [0.15, 0.2) is 72.4 Å². The van der Waals surface area contributed by atoms with E-state index in [2.05, 4.69) is 27.7 Å². The van der Waals surface area contributed by atoms with Crippen molar-refractivity contribution in [3.05, 3.63) is 87.0 Å². The van der Waals surface area contributed by atoms with Crippen molar-refractivity contribution in [2.24, 2.45) is 5.10 Å². The monoisotopic (exact) mass is 690 g/mol. The second kappa shape index (κ2) is 15.6. The fraction of sp³-hybridized carbons (Fsp3) is 0.172. The summed E-state index contributed by atoms with van der Waals surface area (Å²) in [7, 11) is 0. The maximum Gasteiger partial charge on any atom is 0.329 e. The van der Waals surface area contributed by atoms with E-state index < -0.39 is 11.8 Å². The summed E-state index contributed by atoms with van der Waals surface area (Å²) in [5.41, 5.74) is 4.64. The van der Waals surface area contributed by atoms with Gasteiger partial charge in [0, 0.05) is 16.4 Å². The quantitative estimate of drug-likeness (QED) is 0.0777. The van der Waals surface area contributed by atoms with Crippen molar-refractivity contribution >= 4 is 69.5 Å². The average Bonchev–Trinajstić information content (AvgIpc) is 2.94. The van der Waals surface area contributed by atoms with Gasteiger partial charge in [-0.05, 0) is 96.1 Å². The summed E-state index contributed by atoms with van der Waals surface area (Å²) in [5, 5.41) is 9.64. The van der Waals surface area contributed by atoms with Crippen LogP contribution in [0, 0.1) is 10.5 Å². The van der Waals surface area contributed by atoms with E-state index >= 15 is 0 Å². The molecule has 3 N–H and O–H groups in total. The Morgan fingerprint density at radius 2 is 1.76 bits per heavy atom. The zero-order chi connectivity index (χ0) is 29.8. The molecule has 3 aromatic carbocycles. The van der Waals surface area contributed by atoms with Crippen LogP contribution in [-0.4, -0.2) is 43.8 Å². The number of carbonyl (C=O) groups is 3. The Hall–Kier alpha value is -4.10. The Morgan fingerprint density at radius 1 is 1.00 bits per heavy atom. The minimum Gasteiger partial charge on any atom is -0.490 e. The van der Waals surface area contributed by atoms with Crippen LogP contribution in [0.5, 0.6) is 17.2 Å². The van der Waals surface area contributed by atoms with E-state index in [1.165, 1.54) is 6.21 Å². The first-order chi connectivity index (χ1) is 19.7. The van der Waals surface area contributed by atoms with Crippen LogP contribution < -0.4 is 30.3 Å². The van der Waals surface area contributed by atoms with E-state index in [1.54, 1.807) is 54.6 Å². The summed E-state index contributed by atoms with van der Waals surface area (Å²) in [6, 6.07) is 15.1. The summed E-state index contributed by atoms with van der Waals surface area (Å²) in [6.45, 7) is 7.69. The Labute approximate surface area is 256 Å². The van der Waals surface area contributed by atoms with Gasteiger partial charge in [0.05, 0.1) is 16.4 Å². The normalized spacial score (nSPS) is 10.5. The Bertz CT molecular complexity index is 1450. The van der Waals surface area contributed by atoms with E-state index in [4.69, 9.17) is 25.8 Å². The molecular formula is C29H28ClIN4O6. The molecule has 0 spiro atoms. The van der Waals surface area contributed by atoms with E-state index in [1.807, 2.05) is 42.5 Å². The number of halogens is 2. The fourth-order valence-electron chi connectivity index (χ4n) is 3.31. The number of anilines is 2. The minimum atomic E-state index is -0.950. The number of nitrogens with one attached hydrogen (secondary N) is 3. The first-order valence-electron chi connectivity index (χ1n) is 12.3. The molecule has 3 aromatic rings. The van der Waals surface area contributed by atoms with Gasteiger partial charge in [0.1, 0.15) is 12.4 Å². The number of benzene rings is 3. The van der Waals surface area contributed by atoms with Crippen LogP contribution in [0.2, 0.25) is 5.02 Å². The molecule has 0 aromatic heterocycles. The number of aryl methyl sites for hydroxylation is 1. The van der Waals surface area contributed by atoms with Gasteiger partial charge < -0.3 is 24.8 Å². The van der Waals surface area contributed by atoms with Crippen LogP contribution in [0.3, 0.4) is 0 Å². The molecule has 0 bridgehead atoms. The predicted octanol–water partition coefficient (Wildman–Crippen LogP) is 5.32. The van der Waals surface area contributed by atoms with Gasteiger partial charge in [0.15, 0.2) is 18.1 Å². The first-order valence-corrected chi connectivity index (χ1v) is 13.8. The molecule has 41 heavy (non-hydrogen) atoms. The lowest BCUT2D eigenvalue weighted by Gasteiger charge is -2.15. The fourth-order valence-corrected chi connectivity index (χ4v) is 4.27. The van der Waals surface area contributed by atoms with Gasteiger partial charge in [0.2, 0.25) is 0 Å². The SMILES string of the molecule is C=CCOc1ccc(NC(=O)C(=O)N/N=C\c2cc(I)c(OCC(=O)Nc3cc(Cl)ccc3C)c(OCC)c2)cc1. The highest BCUT2D eigenvalue weighted by molar-refractivity contribution is 14.1. The standard InChI is InChI=1S/C29H28ClIN4O6/c1-4-12-40-22-10-8-21(9-11-22)33-28(37)29(38)35-32-16-19-13-23(31)27(25(14-19)39-5-2)41-17-26(36)34-24-15-20(30)7-6-18(24)3/h4,6-11,13-16H,1,5,12,17H2,2-3H3,(H,33,37)(H,34,36)(H,35,38)/b32-16-. The summed E-state index contributed by atoms with van der Waals surface area (Å²) >= 11 is 8.07. The molecule has 0 heterocycles. The molecule has 0 aliphatic carbocycles. The molecule has 0 radical (unpaired) electrons. The van der Waals surface area contributed by atoms with Gasteiger partial charge in [-0.2, -0.15) is 5.10 Å². The lowest BCUT2D eigenvalue weighted by molar-refractivity contribution is -0.136. The molecule has 0 fully saturated rings. The van der Waals surface area contributed by atoms with Gasteiger partial charge in [-0.25, -0.2) is 5.43 Å². The average molecular weight is 691 g/mol. The molecule has 214 valence electrons. The third-order valence-electron chi connectivity index (χ3n) is 5.22. The third-order valence-corrected chi connectivity index (χ3v) is 6.26. The number of rotatable bonds is 12. The molecule has 0 atom stereocenters. The van der Waals surface area contributed by atoms with Crippen LogP contribution in [0.1, 0.15) is 18.1 Å². The van der Waals surface area contributed by atoms with Crippen LogP contribution >= 0.6 is 34.2 Å². The van der Waals surface area contributed by atoms with Crippen molar-refractivity contribution in [1.29, 1.82) is 0 Å². The number of carbonyl (C=O) groups excluding carboxylic acids is 3. The molecular weight excluding hydrogens is 663 g/mol. The molecule has 3 amide bonds. The molecule has 12 heteroatoms. The van der Waals surface area contributed by atoms with Gasteiger partial charge >= 0.3 is 11.8 Å². The lowest BCUT2D eigenvalue weighted by atomic mass is 10.2. The zero-order valence-electron chi connectivity index (χ0n) is 22.3. The van der Waals surface area contributed by atoms with E-state index in [0.29, 0.717) is 56.0 Å². The van der Waals surface area contributed by atoms with Crippen LogP contribution in [0.25, 0.3) is 0 Å². The molecule has 3 rings (SSSR count). The first kappa shape index (κ1) is 31.4. The number of hydrazone groups is 1. The predicted molar refractivity (Wildman–Crippen MR) is 167 cm³/mol. The Balaban J connectivity index is 1.59. The van der Waals surface area contributed by atoms with Crippen LogP contribution in [-0.2, 0) is 14.4 Å². The summed E-state index contributed by atoms with van der Waals surface area (Å²) in [5.74, 6) is -0.832. The summed E-state index contributed by atoms with van der Waals surface area (Å²) in [6.07, 6.45) is 2.98. The van der Waals surface area contributed by atoms with Crippen LogP contribution in [0.4, 0.5) is 11.4 Å². The van der Waals surface area contributed by atoms with E-state index in [-0.39, 0.29) is 12.5 Å². The van der Waals surface area contributed by atoms with Gasteiger partial charge in [-0.15, -0.1) is 0 Å². The van der Waals surface area contributed by atoms with Crippen molar-refractivity contribution in [3.63, 3.8) is 0 Å². The maximum absolute atomic E-state index is 12.5. The van der Waals surface area contributed by atoms with Crippen molar-refractivity contribution < 1.29 is 28.6 Å². The van der Waals surface area contributed by atoms with Gasteiger partial charge in [0.25, 0.3) is 5.91 Å². The summed E-state index contributed by atoms with van der Waals surface area (Å²) in [4.78, 5) is 36.9. The molecule has 0 aliphatic rings. The number of amides is 3. The van der Waals surface area contributed by atoms with Crippen molar-refractivity contribution in [3.8, 4) is 17.2 Å². The van der Waals surface area contributed by atoms with Gasteiger partial charge in [-0.3, -0.25) is 14.4 Å². The number of hydrogen-bond donors (Lipinski definition) is 3. The summed E-state index contributed by atoms with van der Waals surface area (Å²) < 4.78 is 17.5. The topological polar surface area (TPSA) is 127 Å². The lowest BCUT2D eigenvalue weighted by Crippen LogP contribution is -2.32. The number of hydrogen-bond acceptors (Lipinski definition) is 7. The number of nitrogens with zero attached hydrogens (tertiary/aromatic N) is 1. The third kappa shape index (κ3) is 9.80. The van der Waals surface area contributed by atoms with E-state index in [0.717, 1.165) is 5.56 Å². The highest BCUT2D eigenvalue weighted by atomic mass is 127. The Kier molecular flexibility index (Phi) is 12.0. The maximum atomic E-state index is 12.5. The van der Waals surface area contributed by atoms with Gasteiger partial charge in [-0.1, -0.05) is 30.3 Å². The smallest absolute Gasteiger partial charge is 0.329 e. The molecule has 0 saturated carbocycles. The number of ether oxygens (including phenoxy) is 3. The van der Waals surface area contributed by atoms with E-state index in [9.17, 15) is 14.4 Å². The molecule has 0 unspecified atom stereocenters. The zero-order valence-corrected chi connectivity index (χ0v) is 25.2. The molecule has 0 saturated heterocycles. The molecule has 0 aliphatic heterocycles. The minimum absolute atomic E-state index is 0.259. The highest BCUT2D eigenvalue weighted by Gasteiger charge is 2.16. The highest BCUT2D eigenvalue weighted by Crippen LogP contribution is 2.34. The Morgan fingerprint density at radius 3 is 2.46 bits per heavy atom. The van der Waals surface area contributed by atoms with Crippen molar-refractivity contribution in [2.45, 2.75) is 13.8 Å². The van der Waals surface area contributed by atoms with Crippen molar-refractivity contribution in [2.75, 3.05) is 30.5 Å².